The lowest BCUT2D eigenvalue weighted by Crippen LogP contribution is -2.14. The molecule has 3 N–H and O–H groups in total. The predicted molar refractivity (Wildman–Crippen MR) is 40.3 cm³/mol. The molecule has 0 bridgehead atoms. The third-order valence-corrected chi connectivity index (χ3v) is 1.27. The Balaban J connectivity index is 2.65. The van der Waals surface area contributed by atoms with Crippen molar-refractivity contribution in [3.8, 4) is 0 Å². The van der Waals surface area contributed by atoms with Crippen molar-refractivity contribution in [2.24, 2.45) is 17.9 Å². The Morgan fingerprint density at radius 2 is 2.64 bits per heavy atom. The molecule has 0 aliphatic heterocycles. The van der Waals surface area contributed by atoms with E-state index in [4.69, 9.17) is 10.9 Å². The van der Waals surface area contributed by atoms with Crippen LogP contribution in [0.3, 0.4) is 0 Å². The fourth-order valence-electron chi connectivity index (χ4n) is 0.808. The summed E-state index contributed by atoms with van der Waals surface area (Å²) in [5.74, 6) is 0.193. The highest BCUT2D eigenvalue weighted by atomic mass is 16.4. The van der Waals surface area contributed by atoms with Gasteiger partial charge in [0.1, 0.15) is 5.84 Å². The number of hydrogen-bond donors (Lipinski definition) is 2. The van der Waals surface area contributed by atoms with Gasteiger partial charge in [-0.1, -0.05) is 5.16 Å². The number of oxime groups is 1. The van der Waals surface area contributed by atoms with Crippen molar-refractivity contribution in [2.45, 2.75) is 6.42 Å². The number of nitrogens with zero attached hydrogens (tertiary/aromatic N) is 3. The molecule has 5 nitrogen and oxygen atoms in total. The van der Waals surface area contributed by atoms with E-state index in [1.54, 1.807) is 10.9 Å². The summed E-state index contributed by atoms with van der Waals surface area (Å²) in [6.07, 6.45) is 3.93. The largest absolute Gasteiger partial charge is 0.409 e. The number of aromatic nitrogens is 2. The van der Waals surface area contributed by atoms with E-state index in [0.717, 1.165) is 5.56 Å². The number of hydrogen-bond acceptors (Lipinski definition) is 3. The first kappa shape index (κ1) is 7.59. The maximum Gasteiger partial charge on any atom is 0.143 e. The van der Waals surface area contributed by atoms with E-state index < -0.39 is 0 Å². The molecule has 0 aliphatic rings. The first-order valence-electron chi connectivity index (χ1n) is 3.16. The van der Waals surface area contributed by atoms with Crippen LogP contribution in [0.15, 0.2) is 17.5 Å². The lowest BCUT2D eigenvalue weighted by atomic mass is 10.2. The van der Waals surface area contributed by atoms with E-state index >= 15 is 0 Å². The second-order valence-electron chi connectivity index (χ2n) is 2.29. The monoisotopic (exact) mass is 154 g/mol. The average molecular weight is 154 g/mol. The number of nitrogens with two attached hydrogens (primary N) is 1. The normalized spacial score (nSPS) is 11.9. The minimum absolute atomic E-state index is 0.193. The maximum absolute atomic E-state index is 8.24. The van der Waals surface area contributed by atoms with Crippen LogP contribution in [0.4, 0.5) is 0 Å². The van der Waals surface area contributed by atoms with E-state index in [1.807, 2.05) is 13.2 Å². The average Bonchev–Trinajstić information content (AvgIpc) is 2.35. The van der Waals surface area contributed by atoms with E-state index in [-0.39, 0.29) is 5.84 Å². The van der Waals surface area contributed by atoms with Gasteiger partial charge in [0.25, 0.3) is 0 Å². The maximum atomic E-state index is 8.24. The van der Waals surface area contributed by atoms with Crippen LogP contribution < -0.4 is 5.73 Å². The molecule has 0 unspecified atom stereocenters. The highest BCUT2D eigenvalue weighted by Gasteiger charge is 1.98. The van der Waals surface area contributed by atoms with Crippen LogP contribution in [0.5, 0.6) is 0 Å². The van der Waals surface area contributed by atoms with Gasteiger partial charge in [0.15, 0.2) is 0 Å². The first-order chi connectivity index (χ1) is 5.22. The summed E-state index contributed by atoms with van der Waals surface area (Å²) in [7, 11) is 1.82. The summed E-state index contributed by atoms with van der Waals surface area (Å²) in [4.78, 5) is 0. The lowest BCUT2D eigenvalue weighted by Gasteiger charge is -1.91. The molecule has 1 heterocycles. The second-order valence-corrected chi connectivity index (χ2v) is 2.29. The van der Waals surface area contributed by atoms with E-state index in [2.05, 4.69) is 10.3 Å². The van der Waals surface area contributed by atoms with Crippen molar-refractivity contribution in [3.05, 3.63) is 18.0 Å². The molecule has 0 atom stereocenters. The Morgan fingerprint density at radius 1 is 1.91 bits per heavy atom. The third-order valence-electron chi connectivity index (χ3n) is 1.27. The summed E-state index contributed by atoms with van der Waals surface area (Å²) in [5.41, 5.74) is 6.21. The standard InChI is InChI=1S/C6H10N4O/c1-10-4-5(3-8-10)2-6(7)9-11/h3-4,11H,2H2,1H3,(H2,7,9). The minimum atomic E-state index is 0.193. The van der Waals surface area contributed by atoms with Crippen LogP contribution in [0.2, 0.25) is 0 Å². The fraction of sp³-hybridized carbons (Fsp3) is 0.333. The van der Waals surface area contributed by atoms with Gasteiger partial charge < -0.3 is 10.9 Å². The fourth-order valence-corrected chi connectivity index (χ4v) is 0.808. The quantitative estimate of drug-likeness (QED) is 0.266. The van der Waals surface area contributed by atoms with Crippen LogP contribution in [-0.4, -0.2) is 20.8 Å². The Hall–Kier alpha value is -1.52. The molecule has 0 saturated heterocycles. The molecule has 0 spiro atoms. The highest BCUT2D eigenvalue weighted by molar-refractivity contribution is 5.81. The highest BCUT2D eigenvalue weighted by Crippen LogP contribution is 1.96. The molecule has 0 aliphatic carbocycles. The zero-order valence-corrected chi connectivity index (χ0v) is 6.23. The molecule has 0 aromatic carbocycles. The molecule has 0 fully saturated rings. The molecule has 1 rings (SSSR count). The smallest absolute Gasteiger partial charge is 0.143 e. The van der Waals surface area contributed by atoms with E-state index in [9.17, 15) is 0 Å². The summed E-state index contributed by atoms with van der Waals surface area (Å²) < 4.78 is 1.67. The van der Waals surface area contributed by atoms with Crippen molar-refractivity contribution >= 4 is 5.84 Å². The van der Waals surface area contributed by atoms with Gasteiger partial charge in [-0.3, -0.25) is 4.68 Å². The first-order valence-corrected chi connectivity index (χ1v) is 3.16. The molecule has 0 amide bonds. The van der Waals surface area contributed by atoms with Gasteiger partial charge in [-0.25, -0.2) is 0 Å². The van der Waals surface area contributed by atoms with Gasteiger partial charge in [-0.05, 0) is 5.56 Å². The van der Waals surface area contributed by atoms with Gasteiger partial charge in [-0.15, -0.1) is 0 Å². The summed E-state index contributed by atoms with van der Waals surface area (Å²) in [6, 6.07) is 0. The Bertz CT molecular complexity index is 265. The number of aryl methyl sites for hydroxylation is 1. The molecule has 0 radical (unpaired) electrons. The van der Waals surface area contributed by atoms with Crippen molar-refractivity contribution in [1.82, 2.24) is 9.78 Å². The summed E-state index contributed by atoms with van der Waals surface area (Å²) in [5, 5.41) is 15.0. The molecular weight excluding hydrogens is 144 g/mol. The predicted octanol–water partition coefficient (Wildman–Crippen LogP) is -0.291. The third kappa shape index (κ3) is 1.96. The van der Waals surface area contributed by atoms with Crippen LogP contribution in [0, 0.1) is 0 Å². The van der Waals surface area contributed by atoms with Crippen molar-refractivity contribution < 1.29 is 5.21 Å². The van der Waals surface area contributed by atoms with Crippen molar-refractivity contribution in [3.63, 3.8) is 0 Å². The van der Waals surface area contributed by atoms with Gasteiger partial charge in [0.05, 0.1) is 6.20 Å². The Kier molecular flexibility index (Phi) is 2.10. The summed E-state index contributed by atoms with van der Waals surface area (Å²) >= 11 is 0. The lowest BCUT2D eigenvalue weighted by molar-refractivity contribution is 0.317. The zero-order valence-electron chi connectivity index (χ0n) is 6.23. The van der Waals surface area contributed by atoms with E-state index in [0.29, 0.717) is 6.42 Å². The topological polar surface area (TPSA) is 76.4 Å². The Labute approximate surface area is 64.1 Å². The molecule has 60 valence electrons. The van der Waals surface area contributed by atoms with Gasteiger partial charge in [0, 0.05) is 19.7 Å². The Morgan fingerprint density at radius 3 is 3.09 bits per heavy atom. The SMILES string of the molecule is Cn1cc(CC(N)=NO)cn1. The number of rotatable bonds is 2. The number of amidine groups is 1. The van der Waals surface area contributed by atoms with Gasteiger partial charge in [0.2, 0.25) is 0 Å². The molecule has 1 aromatic rings. The van der Waals surface area contributed by atoms with Crippen LogP contribution in [0.1, 0.15) is 5.56 Å². The minimum Gasteiger partial charge on any atom is -0.409 e. The second kappa shape index (κ2) is 3.05. The van der Waals surface area contributed by atoms with Crippen LogP contribution in [0.25, 0.3) is 0 Å². The van der Waals surface area contributed by atoms with Gasteiger partial charge >= 0.3 is 0 Å². The zero-order chi connectivity index (χ0) is 8.27. The molecule has 5 heteroatoms. The summed E-state index contributed by atoms with van der Waals surface area (Å²) in [6.45, 7) is 0. The molecule has 0 saturated carbocycles. The van der Waals surface area contributed by atoms with Gasteiger partial charge in [-0.2, -0.15) is 5.10 Å². The van der Waals surface area contributed by atoms with E-state index in [1.165, 1.54) is 0 Å². The molecule has 11 heavy (non-hydrogen) atoms. The molecular formula is C6H10N4O. The molecule has 1 aromatic heterocycles. The van der Waals surface area contributed by atoms with Crippen molar-refractivity contribution in [1.29, 1.82) is 0 Å². The van der Waals surface area contributed by atoms with Crippen LogP contribution >= 0.6 is 0 Å². The van der Waals surface area contributed by atoms with Crippen molar-refractivity contribution in [2.75, 3.05) is 0 Å². The van der Waals surface area contributed by atoms with Crippen LogP contribution in [-0.2, 0) is 13.5 Å².